The van der Waals surface area contributed by atoms with Crippen molar-refractivity contribution in [2.45, 2.75) is 19.8 Å². The summed E-state index contributed by atoms with van der Waals surface area (Å²) in [6.07, 6.45) is -0.135. The number of carbonyl (C=O) groups is 3. The highest BCUT2D eigenvalue weighted by Gasteiger charge is 2.08. The number of amides is 3. The number of primary amides is 1. The van der Waals surface area contributed by atoms with E-state index < -0.39 is 17.7 Å². The fourth-order valence-electron chi connectivity index (χ4n) is 0.533. The van der Waals surface area contributed by atoms with Gasteiger partial charge in [0, 0.05) is 18.4 Å². The fourth-order valence-corrected chi connectivity index (χ4v) is 0.533. The van der Waals surface area contributed by atoms with E-state index >= 15 is 0 Å². The summed E-state index contributed by atoms with van der Waals surface area (Å²) in [5, 5.41) is 2.05. The Hall–Kier alpha value is -1.65. The summed E-state index contributed by atoms with van der Waals surface area (Å²) >= 11 is 0. The number of carbonyl (C=O) groups excluding carboxylic acids is 3. The minimum atomic E-state index is -0.571. The third-order valence-electron chi connectivity index (χ3n) is 1.24. The van der Waals surface area contributed by atoms with Crippen LogP contribution in [0, 0.1) is 0 Å². The van der Waals surface area contributed by atoms with Crippen molar-refractivity contribution in [1.82, 2.24) is 5.32 Å². The Morgan fingerprint density at radius 3 is 2.23 bits per heavy atom. The standard InChI is InChI=1S/C8H12N2O3/c1-5(2)8(13)10-7(12)4-3-6(9)11/h1,3-4H2,2H3,(H2,9,11)(H,10,12,13). The first-order chi connectivity index (χ1) is 5.93. The summed E-state index contributed by atoms with van der Waals surface area (Å²) in [6, 6.07) is 0. The van der Waals surface area contributed by atoms with Crippen molar-refractivity contribution in [2.24, 2.45) is 5.73 Å². The van der Waals surface area contributed by atoms with Gasteiger partial charge in [0.15, 0.2) is 0 Å². The molecule has 3 amide bonds. The molecule has 3 N–H and O–H groups in total. The van der Waals surface area contributed by atoms with Crippen molar-refractivity contribution in [3.63, 3.8) is 0 Å². The summed E-state index contributed by atoms with van der Waals surface area (Å²) in [5.74, 6) is -1.63. The average molecular weight is 184 g/mol. The van der Waals surface area contributed by atoms with Crippen LogP contribution >= 0.6 is 0 Å². The minimum Gasteiger partial charge on any atom is -0.370 e. The molecule has 0 rings (SSSR count). The summed E-state index contributed by atoms with van der Waals surface area (Å²) < 4.78 is 0. The summed E-state index contributed by atoms with van der Waals surface area (Å²) in [6.45, 7) is 4.83. The molecule has 0 aliphatic carbocycles. The zero-order valence-electron chi connectivity index (χ0n) is 7.42. The van der Waals surface area contributed by atoms with Gasteiger partial charge in [-0.15, -0.1) is 0 Å². The van der Waals surface area contributed by atoms with E-state index in [1.54, 1.807) is 0 Å². The normalized spacial score (nSPS) is 9.00. The van der Waals surface area contributed by atoms with Crippen LogP contribution in [0.2, 0.25) is 0 Å². The molecule has 13 heavy (non-hydrogen) atoms. The van der Waals surface area contributed by atoms with E-state index in [1.807, 2.05) is 5.32 Å². The fraction of sp³-hybridized carbons (Fsp3) is 0.375. The monoisotopic (exact) mass is 184 g/mol. The number of imide groups is 1. The summed E-state index contributed by atoms with van der Waals surface area (Å²) in [7, 11) is 0. The lowest BCUT2D eigenvalue weighted by atomic mass is 10.2. The molecule has 0 saturated carbocycles. The van der Waals surface area contributed by atoms with Crippen LogP contribution in [0.3, 0.4) is 0 Å². The predicted octanol–water partition coefficient (Wildman–Crippen LogP) is -0.529. The number of hydrogen-bond donors (Lipinski definition) is 2. The Morgan fingerprint density at radius 1 is 1.31 bits per heavy atom. The highest BCUT2D eigenvalue weighted by atomic mass is 16.2. The Balaban J connectivity index is 3.82. The van der Waals surface area contributed by atoms with Crippen LogP contribution in [0.4, 0.5) is 0 Å². The Kier molecular flexibility index (Phi) is 4.43. The molecule has 0 aliphatic rings. The van der Waals surface area contributed by atoms with Gasteiger partial charge in [0.05, 0.1) is 0 Å². The first-order valence-electron chi connectivity index (χ1n) is 3.71. The van der Waals surface area contributed by atoms with Gasteiger partial charge >= 0.3 is 0 Å². The maximum Gasteiger partial charge on any atom is 0.252 e. The Labute approximate surface area is 76.0 Å². The zero-order chi connectivity index (χ0) is 10.4. The number of nitrogens with two attached hydrogens (primary N) is 1. The molecule has 0 aromatic rings. The van der Waals surface area contributed by atoms with Gasteiger partial charge < -0.3 is 5.73 Å². The van der Waals surface area contributed by atoms with Crippen molar-refractivity contribution < 1.29 is 14.4 Å². The molecule has 0 bridgehead atoms. The smallest absolute Gasteiger partial charge is 0.252 e. The average Bonchev–Trinajstić information content (AvgIpc) is 2.00. The topological polar surface area (TPSA) is 89.3 Å². The molecule has 0 aromatic carbocycles. The van der Waals surface area contributed by atoms with Crippen LogP contribution < -0.4 is 11.1 Å². The van der Waals surface area contributed by atoms with Crippen molar-refractivity contribution in [3.05, 3.63) is 12.2 Å². The second-order valence-electron chi connectivity index (χ2n) is 2.62. The van der Waals surface area contributed by atoms with E-state index in [4.69, 9.17) is 5.73 Å². The second-order valence-corrected chi connectivity index (χ2v) is 2.62. The number of nitrogens with one attached hydrogen (secondary N) is 1. The molecule has 0 heterocycles. The van der Waals surface area contributed by atoms with Crippen LogP contribution in [-0.4, -0.2) is 17.7 Å². The lowest BCUT2D eigenvalue weighted by Gasteiger charge is -2.01. The molecule has 0 saturated heterocycles. The highest BCUT2D eigenvalue weighted by molar-refractivity contribution is 6.03. The molecular weight excluding hydrogens is 172 g/mol. The highest BCUT2D eigenvalue weighted by Crippen LogP contribution is 1.90. The van der Waals surface area contributed by atoms with Gasteiger partial charge in [-0.25, -0.2) is 0 Å². The third-order valence-corrected chi connectivity index (χ3v) is 1.24. The molecule has 72 valence electrons. The van der Waals surface area contributed by atoms with Crippen LogP contribution in [0.1, 0.15) is 19.8 Å². The molecule has 0 aromatic heterocycles. The third kappa shape index (κ3) is 5.60. The quantitative estimate of drug-likeness (QED) is 0.575. The molecule has 0 radical (unpaired) electrons. The van der Waals surface area contributed by atoms with Crippen molar-refractivity contribution >= 4 is 17.7 Å². The van der Waals surface area contributed by atoms with Crippen LogP contribution in [-0.2, 0) is 14.4 Å². The number of hydrogen-bond acceptors (Lipinski definition) is 3. The SMILES string of the molecule is C=C(C)C(=O)NC(=O)CCC(N)=O. The maximum absolute atomic E-state index is 10.9. The van der Waals surface area contributed by atoms with Crippen molar-refractivity contribution in [2.75, 3.05) is 0 Å². The van der Waals surface area contributed by atoms with Gasteiger partial charge in [-0.05, 0) is 6.92 Å². The molecule has 0 fully saturated rings. The lowest BCUT2D eigenvalue weighted by Crippen LogP contribution is -2.31. The number of rotatable bonds is 4. The molecule has 0 atom stereocenters. The van der Waals surface area contributed by atoms with E-state index in [2.05, 4.69) is 6.58 Å². The van der Waals surface area contributed by atoms with Crippen LogP contribution in [0.5, 0.6) is 0 Å². The molecule has 0 unspecified atom stereocenters. The van der Waals surface area contributed by atoms with Gasteiger partial charge in [-0.2, -0.15) is 0 Å². The molecule has 0 spiro atoms. The van der Waals surface area contributed by atoms with Gasteiger partial charge in [0.2, 0.25) is 11.8 Å². The largest absolute Gasteiger partial charge is 0.370 e. The van der Waals surface area contributed by atoms with E-state index in [0.717, 1.165) is 0 Å². The molecular formula is C8H12N2O3. The van der Waals surface area contributed by atoms with E-state index in [-0.39, 0.29) is 18.4 Å². The minimum absolute atomic E-state index is 0.0602. The van der Waals surface area contributed by atoms with Gasteiger partial charge in [-0.3, -0.25) is 19.7 Å². The summed E-state index contributed by atoms with van der Waals surface area (Å²) in [4.78, 5) is 32.0. The van der Waals surface area contributed by atoms with Crippen molar-refractivity contribution in [1.29, 1.82) is 0 Å². The van der Waals surface area contributed by atoms with E-state index in [1.165, 1.54) is 6.92 Å². The predicted molar refractivity (Wildman–Crippen MR) is 46.4 cm³/mol. The zero-order valence-corrected chi connectivity index (χ0v) is 7.42. The first kappa shape index (κ1) is 11.4. The molecule has 0 aliphatic heterocycles. The van der Waals surface area contributed by atoms with Gasteiger partial charge in [-0.1, -0.05) is 6.58 Å². The van der Waals surface area contributed by atoms with Crippen LogP contribution in [0.25, 0.3) is 0 Å². The Morgan fingerprint density at radius 2 is 1.85 bits per heavy atom. The molecule has 5 nitrogen and oxygen atoms in total. The van der Waals surface area contributed by atoms with Gasteiger partial charge in [0.1, 0.15) is 0 Å². The van der Waals surface area contributed by atoms with Crippen molar-refractivity contribution in [3.8, 4) is 0 Å². The summed E-state index contributed by atoms with van der Waals surface area (Å²) in [5.41, 5.74) is 5.05. The lowest BCUT2D eigenvalue weighted by molar-refractivity contribution is -0.130. The van der Waals surface area contributed by atoms with Gasteiger partial charge in [0.25, 0.3) is 5.91 Å². The Bertz CT molecular complexity index is 258. The second kappa shape index (κ2) is 5.08. The van der Waals surface area contributed by atoms with E-state index in [0.29, 0.717) is 0 Å². The molecule has 5 heteroatoms. The first-order valence-corrected chi connectivity index (χ1v) is 3.71. The van der Waals surface area contributed by atoms with E-state index in [9.17, 15) is 14.4 Å². The maximum atomic E-state index is 10.9. The van der Waals surface area contributed by atoms with Crippen LogP contribution in [0.15, 0.2) is 12.2 Å².